The van der Waals surface area contributed by atoms with Crippen LogP contribution >= 0.6 is 15.9 Å². The molecule has 0 aromatic heterocycles. The Bertz CT molecular complexity index is 343. The predicted octanol–water partition coefficient (Wildman–Crippen LogP) is 2.63. The first kappa shape index (κ1) is 18.3. The van der Waals surface area contributed by atoms with Crippen LogP contribution in [0.5, 0.6) is 0 Å². The van der Waals surface area contributed by atoms with Crippen molar-refractivity contribution >= 4 is 27.6 Å². The zero-order valence-corrected chi connectivity index (χ0v) is 11.8. The smallest absolute Gasteiger partial charge is 0.330 e. The van der Waals surface area contributed by atoms with Crippen LogP contribution in [0.15, 0.2) is 0 Å². The molecule has 0 aliphatic carbocycles. The van der Waals surface area contributed by atoms with Crippen molar-refractivity contribution in [2.75, 3.05) is 18.4 Å². The Kier molecular flexibility index (Phi) is 6.37. The molecule has 19 heavy (non-hydrogen) atoms. The monoisotopic (exact) mass is 353 g/mol. The summed E-state index contributed by atoms with van der Waals surface area (Å²) in [6.45, 7) is 1.92. The molecule has 0 aliphatic rings. The highest BCUT2D eigenvalue weighted by atomic mass is 79.9. The van der Waals surface area contributed by atoms with Crippen molar-refractivity contribution in [3.8, 4) is 0 Å². The third kappa shape index (κ3) is 5.04. The van der Waals surface area contributed by atoms with Gasteiger partial charge in [-0.2, -0.15) is 22.0 Å². The Balaban J connectivity index is 5.15. The van der Waals surface area contributed by atoms with Crippen molar-refractivity contribution in [1.29, 1.82) is 0 Å². The lowest BCUT2D eigenvalue weighted by Crippen LogP contribution is -2.54. The van der Waals surface area contributed by atoms with Crippen LogP contribution in [0.1, 0.15) is 13.8 Å². The summed E-state index contributed by atoms with van der Waals surface area (Å²) in [5, 5.41) is -0.230. The number of alkyl halides is 6. The van der Waals surface area contributed by atoms with Crippen LogP contribution in [-0.2, 0) is 9.59 Å². The summed E-state index contributed by atoms with van der Waals surface area (Å²) >= 11 is 2.75. The van der Waals surface area contributed by atoms with Crippen molar-refractivity contribution in [3.63, 3.8) is 0 Å². The van der Waals surface area contributed by atoms with Crippen LogP contribution in [0.2, 0.25) is 0 Å². The summed E-state index contributed by atoms with van der Waals surface area (Å²) in [6, 6.07) is 0. The van der Waals surface area contributed by atoms with Gasteiger partial charge in [0, 0.05) is 6.54 Å². The first-order valence-electron chi connectivity index (χ1n) is 5.25. The van der Waals surface area contributed by atoms with Gasteiger partial charge in [0.25, 0.3) is 0 Å². The highest BCUT2D eigenvalue weighted by Crippen LogP contribution is 2.37. The average Bonchev–Trinajstić information content (AvgIpc) is 2.24. The summed E-state index contributed by atoms with van der Waals surface area (Å²) in [7, 11) is 0. The predicted molar refractivity (Wildman–Crippen MR) is 61.2 cm³/mol. The molecule has 0 aromatic carbocycles. The van der Waals surface area contributed by atoms with E-state index in [4.69, 9.17) is 0 Å². The van der Waals surface area contributed by atoms with E-state index in [1.165, 1.54) is 13.8 Å². The lowest BCUT2D eigenvalue weighted by molar-refractivity contribution is -0.274. The number of nitrogens with zero attached hydrogens (tertiary/aromatic N) is 1. The fourth-order valence-electron chi connectivity index (χ4n) is 1.24. The number of ketones is 1. The standard InChI is InChI=1S/C10H13BrF5NO2/c1-6(2)4-17(5-7(18)3-11)8(19)9(12,13)10(14,15)16/h6H,3-5H2,1-2H3. The van der Waals surface area contributed by atoms with Crippen molar-refractivity contribution < 1.29 is 31.5 Å². The van der Waals surface area contributed by atoms with E-state index in [1.54, 1.807) is 0 Å². The van der Waals surface area contributed by atoms with Gasteiger partial charge in [-0.15, -0.1) is 0 Å². The van der Waals surface area contributed by atoms with Crippen molar-refractivity contribution in [2.45, 2.75) is 25.9 Å². The Hall–Kier alpha value is -0.730. The maximum Gasteiger partial charge on any atom is 0.463 e. The van der Waals surface area contributed by atoms with Gasteiger partial charge in [-0.1, -0.05) is 29.8 Å². The quantitative estimate of drug-likeness (QED) is 0.543. The second-order valence-electron chi connectivity index (χ2n) is 4.32. The first-order chi connectivity index (χ1) is 8.43. The second-order valence-corrected chi connectivity index (χ2v) is 4.88. The van der Waals surface area contributed by atoms with Gasteiger partial charge in [0.2, 0.25) is 0 Å². The van der Waals surface area contributed by atoms with Crippen molar-refractivity contribution in [1.82, 2.24) is 4.90 Å². The molecular formula is C10H13BrF5NO2. The lowest BCUT2D eigenvalue weighted by atomic mass is 10.1. The van der Waals surface area contributed by atoms with Crippen LogP contribution in [0.25, 0.3) is 0 Å². The number of carbonyl (C=O) groups is 2. The largest absolute Gasteiger partial charge is 0.463 e. The topological polar surface area (TPSA) is 37.4 Å². The van der Waals surface area contributed by atoms with Gasteiger partial charge < -0.3 is 4.90 Å². The van der Waals surface area contributed by atoms with Gasteiger partial charge in [-0.25, -0.2) is 0 Å². The molecular weight excluding hydrogens is 341 g/mol. The lowest BCUT2D eigenvalue weighted by Gasteiger charge is -2.28. The third-order valence-corrected chi connectivity index (χ3v) is 2.64. The Labute approximate surface area is 115 Å². The van der Waals surface area contributed by atoms with Crippen LogP contribution in [0, 0.1) is 5.92 Å². The summed E-state index contributed by atoms with van der Waals surface area (Å²) in [5.74, 6) is -8.90. The Morgan fingerprint density at radius 3 is 1.95 bits per heavy atom. The fraction of sp³-hybridized carbons (Fsp3) is 0.800. The molecule has 0 saturated carbocycles. The maximum absolute atomic E-state index is 12.9. The minimum Gasteiger partial charge on any atom is -0.330 e. The van der Waals surface area contributed by atoms with E-state index in [0.717, 1.165) is 0 Å². The van der Waals surface area contributed by atoms with E-state index in [1.807, 2.05) is 0 Å². The summed E-state index contributed by atoms with van der Waals surface area (Å²) in [4.78, 5) is 22.6. The van der Waals surface area contributed by atoms with Crippen molar-refractivity contribution in [2.24, 2.45) is 5.92 Å². The summed E-state index contributed by atoms with van der Waals surface area (Å²) in [5.41, 5.74) is 0. The minimum absolute atomic E-state index is 0.230. The van der Waals surface area contributed by atoms with Gasteiger partial charge in [0.05, 0.1) is 11.9 Å². The van der Waals surface area contributed by atoms with Crippen LogP contribution in [0.4, 0.5) is 22.0 Å². The summed E-state index contributed by atoms with van der Waals surface area (Å²) in [6.07, 6.45) is -5.98. The highest BCUT2D eigenvalue weighted by Gasteiger charge is 2.64. The number of halogens is 6. The number of carbonyl (C=O) groups excluding carboxylic acids is 2. The van der Waals surface area contributed by atoms with Crippen LogP contribution < -0.4 is 0 Å². The van der Waals surface area contributed by atoms with Gasteiger partial charge in [-0.05, 0) is 5.92 Å². The zero-order chi connectivity index (χ0) is 15.4. The normalized spacial score (nSPS) is 12.7. The van der Waals surface area contributed by atoms with E-state index in [0.29, 0.717) is 0 Å². The average molecular weight is 354 g/mol. The number of hydrogen-bond donors (Lipinski definition) is 0. The zero-order valence-electron chi connectivity index (χ0n) is 10.2. The maximum atomic E-state index is 12.9. The number of hydrogen-bond acceptors (Lipinski definition) is 2. The van der Waals surface area contributed by atoms with Crippen molar-refractivity contribution in [3.05, 3.63) is 0 Å². The molecule has 1 amide bonds. The molecule has 0 saturated heterocycles. The molecule has 0 fully saturated rings. The molecule has 0 radical (unpaired) electrons. The van der Waals surface area contributed by atoms with E-state index in [9.17, 15) is 31.5 Å². The number of Topliss-reactive ketones (excluding diaryl/α,β-unsaturated/α-hetero) is 1. The SMILES string of the molecule is CC(C)CN(CC(=O)CBr)C(=O)C(F)(F)C(F)(F)F. The molecule has 112 valence electrons. The van der Waals surface area contributed by atoms with Crippen LogP contribution in [-0.4, -0.2) is 47.1 Å². The van der Waals surface area contributed by atoms with E-state index in [-0.39, 0.29) is 22.7 Å². The van der Waals surface area contributed by atoms with Crippen LogP contribution in [0.3, 0.4) is 0 Å². The molecule has 0 aliphatic heterocycles. The summed E-state index contributed by atoms with van der Waals surface area (Å²) < 4.78 is 62.2. The molecule has 9 heteroatoms. The highest BCUT2D eigenvalue weighted by molar-refractivity contribution is 9.09. The molecule has 3 nitrogen and oxygen atoms in total. The number of rotatable bonds is 6. The molecule has 0 bridgehead atoms. The molecule has 0 atom stereocenters. The first-order valence-corrected chi connectivity index (χ1v) is 6.37. The number of amides is 1. The Morgan fingerprint density at radius 2 is 1.63 bits per heavy atom. The Morgan fingerprint density at radius 1 is 1.16 bits per heavy atom. The van der Waals surface area contributed by atoms with Gasteiger partial charge in [-0.3, -0.25) is 9.59 Å². The molecule has 0 rings (SSSR count). The second kappa shape index (κ2) is 6.62. The fourth-order valence-corrected chi connectivity index (χ4v) is 1.41. The molecule has 0 heterocycles. The molecule has 0 aromatic rings. The third-order valence-electron chi connectivity index (χ3n) is 2.01. The molecule has 0 unspecified atom stereocenters. The minimum atomic E-state index is -5.98. The molecule has 0 N–H and O–H groups in total. The van der Waals surface area contributed by atoms with E-state index in [2.05, 4.69) is 15.9 Å². The van der Waals surface area contributed by atoms with Gasteiger partial charge >= 0.3 is 18.0 Å². The van der Waals surface area contributed by atoms with E-state index < -0.39 is 30.3 Å². The molecule has 0 spiro atoms. The van der Waals surface area contributed by atoms with E-state index >= 15 is 0 Å². The van der Waals surface area contributed by atoms with Gasteiger partial charge in [0.1, 0.15) is 0 Å². The van der Waals surface area contributed by atoms with Gasteiger partial charge in [0.15, 0.2) is 5.78 Å².